The fourth-order valence-corrected chi connectivity index (χ4v) is 4.34. The van der Waals surface area contributed by atoms with Crippen molar-refractivity contribution >= 4 is 35.0 Å². The Morgan fingerprint density at radius 3 is 2.61 bits per heavy atom. The molecule has 2 aliphatic heterocycles. The molecule has 0 aliphatic carbocycles. The molecule has 1 amide bonds. The monoisotopic (exact) mass is 505 g/mol. The lowest BCUT2D eigenvalue weighted by Gasteiger charge is -2.43. The second-order valence-corrected chi connectivity index (χ2v) is 9.04. The summed E-state index contributed by atoms with van der Waals surface area (Å²) in [6.45, 7) is -0.277. The first kappa shape index (κ1) is 23.8. The number of rotatable bonds is 5. The van der Waals surface area contributed by atoms with Crippen molar-refractivity contribution in [2.24, 2.45) is 0 Å². The number of alkyl halides is 4. The van der Waals surface area contributed by atoms with E-state index in [1.807, 2.05) is 0 Å². The van der Waals surface area contributed by atoms with Crippen molar-refractivity contribution in [2.75, 3.05) is 25.1 Å². The van der Waals surface area contributed by atoms with Crippen LogP contribution in [-0.4, -0.2) is 47.1 Å². The Morgan fingerprint density at radius 2 is 2.03 bits per heavy atom. The second kappa shape index (κ2) is 8.44. The molecular weight excluding hydrogens is 489 g/mol. The number of hydrogen-bond acceptors (Lipinski definition) is 5. The summed E-state index contributed by atoms with van der Waals surface area (Å²) in [7, 11) is 0. The van der Waals surface area contributed by atoms with Gasteiger partial charge in [-0.05, 0) is 42.7 Å². The van der Waals surface area contributed by atoms with Gasteiger partial charge in [-0.15, -0.1) is 0 Å². The third-order valence-electron chi connectivity index (χ3n) is 5.42. The summed E-state index contributed by atoms with van der Waals surface area (Å²) in [4.78, 5) is 22.2. The van der Waals surface area contributed by atoms with Crippen LogP contribution in [0.4, 0.5) is 22.0 Å². The zero-order valence-electron chi connectivity index (χ0n) is 17.0. The summed E-state index contributed by atoms with van der Waals surface area (Å²) in [5, 5.41) is -0.219. The van der Waals surface area contributed by atoms with E-state index in [1.165, 1.54) is 35.0 Å². The van der Waals surface area contributed by atoms with Gasteiger partial charge in [0.05, 0.1) is 30.2 Å². The number of aromatic nitrogens is 1. The van der Waals surface area contributed by atoms with Crippen LogP contribution in [0.3, 0.4) is 0 Å². The molecule has 1 aromatic heterocycles. The van der Waals surface area contributed by atoms with E-state index in [0.29, 0.717) is 6.07 Å². The lowest BCUT2D eigenvalue weighted by atomic mass is 9.90. The Hall–Kier alpha value is -2.37. The molecule has 1 saturated heterocycles. The Morgan fingerprint density at radius 1 is 1.30 bits per heavy atom. The van der Waals surface area contributed by atoms with Crippen LogP contribution in [0.5, 0.6) is 0 Å². The molecule has 12 heteroatoms. The van der Waals surface area contributed by atoms with Crippen molar-refractivity contribution in [1.82, 2.24) is 15.4 Å². The maximum atomic E-state index is 15.1. The van der Waals surface area contributed by atoms with E-state index in [2.05, 4.69) is 10.5 Å². The van der Waals surface area contributed by atoms with Gasteiger partial charge in [0.15, 0.2) is 5.67 Å². The molecule has 3 heterocycles. The minimum Gasteiger partial charge on any atom is -0.335 e. The average molecular weight is 506 g/mol. The summed E-state index contributed by atoms with van der Waals surface area (Å²) in [6, 6.07) is 5.28. The molecule has 1 unspecified atom stereocenters. The lowest BCUT2D eigenvalue weighted by Crippen LogP contribution is -2.59. The first-order valence-corrected chi connectivity index (χ1v) is 11.4. The Bertz CT molecular complexity index is 1090. The van der Waals surface area contributed by atoms with E-state index in [-0.39, 0.29) is 46.7 Å². The van der Waals surface area contributed by atoms with Crippen LogP contribution in [-0.2, 0) is 20.9 Å². The molecular formula is C21H17ClF5N3O2S. The van der Waals surface area contributed by atoms with Crippen LogP contribution < -0.4 is 5.48 Å². The number of carbonyl (C=O) groups is 1. The summed E-state index contributed by atoms with van der Waals surface area (Å²) < 4.78 is 70.8. The fourth-order valence-electron chi connectivity index (χ4n) is 3.68. The van der Waals surface area contributed by atoms with E-state index in [4.69, 9.17) is 16.4 Å². The van der Waals surface area contributed by atoms with Crippen LogP contribution in [0.15, 0.2) is 42.6 Å². The van der Waals surface area contributed by atoms with E-state index in [1.54, 1.807) is 6.26 Å². The van der Waals surface area contributed by atoms with Gasteiger partial charge in [0.1, 0.15) is 5.82 Å². The van der Waals surface area contributed by atoms with Gasteiger partial charge in [-0.2, -0.15) is 24.9 Å². The van der Waals surface area contributed by atoms with Crippen molar-refractivity contribution in [2.45, 2.75) is 17.4 Å². The zero-order chi connectivity index (χ0) is 24.0. The van der Waals surface area contributed by atoms with Gasteiger partial charge in [0.25, 0.3) is 0 Å². The van der Waals surface area contributed by atoms with Crippen molar-refractivity contribution in [3.8, 4) is 0 Å². The smallest absolute Gasteiger partial charge is 0.335 e. The van der Waals surface area contributed by atoms with E-state index < -0.39 is 28.8 Å². The lowest BCUT2D eigenvalue weighted by molar-refractivity contribution is -0.269. The number of hydrogen-bond donors (Lipinski definition) is 1. The van der Waals surface area contributed by atoms with Gasteiger partial charge in [-0.1, -0.05) is 11.6 Å². The summed E-state index contributed by atoms with van der Waals surface area (Å²) in [6.07, 6.45) is -1.22. The van der Waals surface area contributed by atoms with E-state index in [0.717, 1.165) is 18.2 Å². The molecule has 176 valence electrons. The molecule has 0 bridgehead atoms. The molecule has 0 saturated carbocycles. The SMILES string of the molecule is CSCC(=O)N1CC(F)(c2ccc(C3=CC(c4cc(F)cc(Cl)c4)(C(F)(F)F)ON3)cn2)C1. The number of thioether (sulfide) groups is 1. The highest BCUT2D eigenvalue weighted by Gasteiger charge is 2.60. The molecule has 1 fully saturated rings. The Kier molecular flexibility index (Phi) is 6.08. The minimum absolute atomic E-state index is 0.0676. The molecule has 2 aliphatic rings. The maximum absolute atomic E-state index is 15.1. The summed E-state index contributed by atoms with van der Waals surface area (Å²) >= 11 is 7.08. The van der Waals surface area contributed by atoms with Crippen molar-refractivity contribution in [3.05, 3.63) is 70.3 Å². The number of carbonyl (C=O) groups excluding carboxylic acids is 1. The topological polar surface area (TPSA) is 54.5 Å². The number of likely N-dealkylation sites (tertiary alicyclic amines) is 1. The molecule has 1 atom stereocenters. The number of pyridine rings is 1. The highest BCUT2D eigenvalue weighted by atomic mass is 35.5. The minimum atomic E-state index is -4.95. The molecule has 1 N–H and O–H groups in total. The molecule has 33 heavy (non-hydrogen) atoms. The standard InChI is InChI=1S/C21H17ClF5N3O2S/c1-33-9-18(31)30-10-19(24,11-30)17-3-2-12(8-28-17)16-7-20(32-29-16,21(25,26)27)13-4-14(22)6-15(23)5-13/h2-8,29H,9-11H2,1H3. The van der Waals surface area contributed by atoms with Crippen molar-refractivity contribution in [1.29, 1.82) is 0 Å². The van der Waals surface area contributed by atoms with Crippen LogP contribution in [0.1, 0.15) is 16.8 Å². The third kappa shape index (κ3) is 4.29. The van der Waals surface area contributed by atoms with Gasteiger partial charge in [0, 0.05) is 22.3 Å². The molecule has 5 nitrogen and oxygen atoms in total. The second-order valence-electron chi connectivity index (χ2n) is 7.73. The van der Waals surface area contributed by atoms with Crippen LogP contribution in [0, 0.1) is 5.82 Å². The average Bonchev–Trinajstić information content (AvgIpc) is 3.18. The van der Waals surface area contributed by atoms with Gasteiger partial charge >= 0.3 is 6.18 Å². The van der Waals surface area contributed by atoms with Crippen LogP contribution in [0.2, 0.25) is 5.02 Å². The van der Waals surface area contributed by atoms with Gasteiger partial charge < -0.3 is 4.90 Å². The normalized spacial score (nSPS) is 21.9. The predicted octanol–water partition coefficient (Wildman–Crippen LogP) is 4.58. The molecule has 0 spiro atoms. The number of hydroxylamine groups is 1. The summed E-state index contributed by atoms with van der Waals surface area (Å²) in [5.41, 5.74) is -2.95. The molecule has 1 aromatic carbocycles. The third-order valence-corrected chi connectivity index (χ3v) is 6.17. The van der Waals surface area contributed by atoms with Crippen molar-refractivity contribution < 1.29 is 31.6 Å². The van der Waals surface area contributed by atoms with Gasteiger partial charge in [-0.3, -0.25) is 20.1 Å². The number of halogens is 6. The van der Waals surface area contributed by atoms with E-state index in [9.17, 15) is 22.4 Å². The maximum Gasteiger partial charge on any atom is 0.428 e. The highest BCUT2D eigenvalue weighted by molar-refractivity contribution is 7.99. The largest absolute Gasteiger partial charge is 0.428 e. The number of nitrogens with zero attached hydrogens (tertiary/aromatic N) is 2. The Labute approximate surface area is 194 Å². The van der Waals surface area contributed by atoms with Crippen molar-refractivity contribution in [3.63, 3.8) is 0 Å². The number of nitrogens with one attached hydrogen (secondary N) is 1. The first-order valence-electron chi connectivity index (χ1n) is 9.60. The number of benzene rings is 1. The van der Waals surface area contributed by atoms with Gasteiger partial charge in [-0.25, -0.2) is 8.78 Å². The summed E-state index contributed by atoms with van der Waals surface area (Å²) in [5.74, 6) is -0.873. The van der Waals surface area contributed by atoms with Crippen LogP contribution >= 0.6 is 23.4 Å². The number of amides is 1. The molecule has 2 aromatic rings. The van der Waals surface area contributed by atoms with Crippen LogP contribution in [0.25, 0.3) is 5.70 Å². The van der Waals surface area contributed by atoms with Gasteiger partial charge in [0.2, 0.25) is 11.5 Å². The Balaban J connectivity index is 1.59. The predicted molar refractivity (Wildman–Crippen MR) is 113 cm³/mol. The molecule has 4 rings (SSSR count). The quantitative estimate of drug-likeness (QED) is 0.603. The first-order chi connectivity index (χ1) is 15.5. The highest BCUT2D eigenvalue weighted by Crippen LogP contribution is 2.48. The zero-order valence-corrected chi connectivity index (χ0v) is 18.6. The molecule has 0 radical (unpaired) electrons. The fraction of sp³-hybridized carbons (Fsp3) is 0.333. The van der Waals surface area contributed by atoms with E-state index >= 15 is 4.39 Å².